The van der Waals surface area contributed by atoms with E-state index in [-0.39, 0.29) is 0 Å². The lowest BCUT2D eigenvalue weighted by molar-refractivity contribution is 0.323. The van der Waals surface area contributed by atoms with Crippen LogP contribution in [-0.4, -0.2) is 44.1 Å². The number of hydrogen-bond acceptors (Lipinski definition) is 5. The highest BCUT2D eigenvalue weighted by Gasteiger charge is 2.13. The number of rotatable bonds is 8. The topological polar surface area (TPSA) is 81.9 Å². The van der Waals surface area contributed by atoms with Gasteiger partial charge in [-0.05, 0) is 41.5 Å². The van der Waals surface area contributed by atoms with Crippen molar-refractivity contribution in [1.82, 2.24) is 20.4 Å². The fourth-order valence-electron chi connectivity index (χ4n) is 3.06. The van der Waals surface area contributed by atoms with Crippen LogP contribution in [0.15, 0.2) is 59.9 Å². The van der Waals surface area contributed by atoms with Gasteiger partial charge in [-0.15, -0.1) is 0 Å². The summed E-state index contributed by atoms with van der Waals surface area (Å²) in [5, 5.41) is 10.9. The van der Waals surface area contributed by atoms with Crippen molar-refractivity contribution < 1.29 is 14.2 Å². The molecule has 0 spiro atoms. The molecule has 0 atom stereocenters. The molecule has 0 bridgehead atoms. The van der Waals surface area contributed by atoms with Crippen LogP contribution < -0.4 is 24.8 Å². The molecule has 3 aromatic rings. The van der Waals surface area contributed by atoms with Gasteiger partial charge in [0.2, 0.25) is 5.75 Å². The maximum Gasteiger partial charge on any atom is 0.203 e. The van der Waals surface area contributed by atoms with Crippen LogP contribution in [0.2, 0.25) is 0 Å². The zero-order chi connectivity index (χ0) is 21.3. The molecule has 8 heteroatoms. The molecule has 0 aliphatic carbocycles. The summed E-state index contributed by atoms with van der Waals surface area (Å²) in [4.78, 5) is 4.30. The Labute approximate surface area is 176 Å². The summed E-state index contributed by atoms with van der Waals surface area (Å²) in [7, 11) is 6.54. The van der Waals surface area contributed by atoms with Crippen molar-refractivity contribution in [3.63, 3.8) is 0 Å². The Balaban J connectivity index is 1.63. The van der Waals surface area contributed by atoms with Gasteiger partial charge in [-0.2, -0.15) is 5.10 Å². The molecule has 1 heterocycles. The first-order valence-electron chi connectivity index (χ1n) is 9.50. The maximum atomic E-state index is 5.41. The second kappa shape index (κ2) is 10.2. The molecule has 8 nitrogen and oxygen atoms in total. The fraction of sp³-hybridized carbons (Fsp3) is 0.273. The van der Waals surface area contributed by atoms with Crippen molar-refractivity contribution in [2.75, 3.05) is 28.4 Å². The summed E-state index contributed by atoms with van der Waals surface area (Å²) >= 11 is 0. The molecule has 0 unspecified atom stereocenters. The van der Waals surface area contributed by atoms with Gasteiger partial charge in [0.05, 0.1) is 27.0 Å². The molecule has 0 saturated carbocycles. The molecule has 1 aromatic heterocycles. The number of nitrogens with zero attached hydrogens (tertiary/aromatic N) is 3. The van der Waals surface area contributed by atoms with Crippen molar-refractivity contribution in [2.24, 2.45) is 4.99 Å². The van der Waals surface area contributed by atoms with Gasteiger partial charge >= 0.3 is 0 Å². The first-order chi connectivity index (χ1) is 14.7. The van der Waals surface area contributed by atoms with Gasteiger partial charge in [0, 0.05) is 32.5 Å². The molecular formula is C22H27N5O3. The van der Waals surface area contributed by atoms with Gasteiger partial charge in [0.15, 0.2) is 17.5 Å². The maximum absolute atomic E-state index is 5.41. The molecule has 0 fully saturated rings. The van der Waals surface area contributed by atoms with Crippen LogP contribution in [0, 0.1) is 0 Å². The van der Waals surface area contributed by atoms with Crippen LogP contribution in [0.4, 0.5) is 0 Å². The van der Waals surface area contributed by atoms with E-state index in [9.17, 15) is 0 Å². The normalized spacial score (nSPS) is 11.1. The summed E-state index contributed by atoms with van der Waals surface area (Å²) < 4.78 is 18.0. The molecule has 0 aliphatic heterocycles. The third-order valence-electron chi connectivity index (χ3n) is 4.55. The van der Waals surface area contributed by atoms with E-state index in [1.807, 2.05) is 41.2 Å². The summed E-state index contributed by atoms with van der Waals surface area (Å²) in [6, 6.07) is 13.9. The lowest BCUT2D eigenvalue weighted by atomic mass is 10.1. The molecule has 2 N–H and O–H groups in total. The standard InChI is InChI=1S/C22H27N5O3/c1-23-22(24-14-16-7-5-8-18(11-16)27-10-6-9-26-27)25-15-17-12-19(28-2)21(30-4)20(13-17)29-3/h5-13H,14-15H2,1-4H3,(H2,23,24,25). The highest BCUT2D eigenvalue weighted by atomic mass is 16.5. The summed E-state index contributed by atoms with van der Waals surface area (Å²) in [6.45, 7) is 1.17. The summed E-state index contributed by atoms with van der Waals surface area (Å²) in [5.41, 5.74) is 3.12. The van der Waals surface area contributed by atoms with Crippen LogP contribution in [0.3, 0.4) is 0 Å². The van der Waals surface area contributed by atoms with Crippen LogP contribution in [0.1, 0.15) is 11.1 Å². The Morgan fingerprint density at radius 2 is 1.63 bits per heavy atom. The third kappa shape index (κ3) is 5.02. The number of aromatic nitrogens is 2. The van der Waals surface area contributed by atoms with Gasteiger partial charge in [-0.1, -0.05) is 12.1 Å². The first-order valence-corrected chi connectivity index (χ1v) is 9.50. The Morgan fingerprint density at radius 1 is 0.933 bits per heavy atom. The van der Waals surface area contributed by atoms with E-state index in [1.165, 1.54) is 0 Å². The minimum atomic E-state index is 0.545. The third-order valence-corrected chi connectivity index (χ3v) is 4.55. The van der Waals surface area contributed by atoms with E-state index in [1.54, 1.807) is 34.6 Å². The Kier molecular flexibility index (Phi) is 7.15. The van der Waals surface area contributed by atoms with Crippen LogP contribution in [0.5, 0.6) is 17.2 Å². The molecule has 0 amide bonds. The highest BCUT2D eigenvalue weighted by Crippen LogP contribution is 2.38. The molecule has 30 heavy (non-hydrogen) atoms. The zero-order valence-corrected chi connectivity index (χ0v) is 17.7. The van der Waals surface area contributed by atoms with Crippen molar-refractivity contribution >= 4 is 5.96 Å². The Bertz CT molecular complexity index is 961. The predicted molar refractivity (Wildman–Crippen MR) is 117 cm³/mol. The number of guanidine groups is 1. The van der Waals surface area contributed by atoms with Gasteiger partial charge in [0.25, 0.3) is 0 Å². The fourth-order valence-corrected chi connectivity index (χ4v) is 3.06. The van der Waals surface area contributed by atoms with Gasteiger partial charge in [-0.3, -0.25) is 4.99 Å². The van der Waals surface area contributed by atoms with Gasteiger partial charge in [0.1, 0.15) is 0 Å². The number of benzene rings is 2. The number of ether oxygens (including phenoxy) is 3. The molecule has 0 radical (unpaired) electrons. The molecule has 158 valence electrons. The number of aliphatic imine (C=N–C) groups is 1. The van der Waals surface area contributed by atoms with Gasteiger partial charge in [-0.25, -0.2) is 4.68 Å². The minimum Gasteiger partial charge on any atom is -0.493 e. The Morgan fingerprint density at radius 3 is 2.20 bits per heavy atom. The molecule has 2 aromatic carbocycles. The lowest BCUT2D eigenvalue weighted by Crippen LogP contribution is -2.36. The lowest BCUT2D eigenvalue weighted by Gasteiger charge is -2.16. The first kappa shape index (κ1) is 21.0. The second-order valence-electron chi connectivity index (χ2n) is 6.43. The number of hydrogen-bond donors (Lipinski definition) is 2. The average Bonchev–Trinajstić information content (AvgIpc) is 3.33. The summed E-state index contributed by atoms with van der Waals surface area (Å²) in [5.74, 6) is 2.50. The van der Waals surface area contributed by atoms with Crippen molar-refractivity contribution in [1.29, 1.82) is 0 Å². The van der Waals surface area contributed by atoms with Crippen LogP contribution >= 0.6 is 0 Å². The summed E-state index contributed by atoms with van der Waals surface area (Å²) in [6.07, 6.45) is 3.68. The minimum absolute atomic E-state index is 0.545. The van der Waals surface area contributed by atoms with E-state index >= 15 is 0 Å². The Hall–Kier alpha value is -3.68. The molecule has 3 rings (SSSR count). The largest absolute Gasteiger partial charge is 0.493 e. The highest BCUT2D eigenvalue weighted by molar-refractivity contribution is 5.79. The van der Waals surface area contributed by atoms with Crippen LogP contribution in [0.25, 0.3) is 5.69 Å². The van der Waals surface area contributed by atoms with Gasteiger partial charge < -0.3 is 24.8 Å². The SMILES string of the molecule is CN=C(NCc1cccc(-n2cccn2)c1)NCc1cc(OC)c(OC)c(OC)c1. The van der Waals surface area contributed by atoms with Crippen molar-refractivity contribution in [3.8, 4) is 22.9 Å². The van der Waals surface area contributed by atoms with E-state index in [0.29, 0.717) is 36.3 Å². The van der Waals surface area contributed by atoms with E-state index in [0.717, 1.165) is 16.8 Å². The zero-order valence-electron chi connectivity index (χ0n) is 17.7. The quantitative estimate of drug-likeness (QED) is 0.440. The van der Waals surface area contributed by atoms with E-state index in [4.69, 9.17) is 14.2 Å². The molecule has 0 saturated heterocycles. The average molecular weight is 409 g/mol. The molecular weight excluding hydrogens is 382 g/mol. The number of nitrogens with one attached hydrogen (secondary N) is 2. The van der Waals surface area contributed by atoms with Crippen molar-refractivity contribution in [2.45, 2.75) is 13.1 Å². The number of methoxy groups -OCH3 is 3. The smallest absolute Gasteiger partial charge is 0.203 e. The van der Waals surface area contributed by atoms with Crippen LogP contribution in [-0.2, 0) is 13.1 Å². The molecule has 0 aliphatic rings. The van der Waals surface area contributed by atoms with Crippen molar-refractivity contribution in [3.05, 3.63) is 66.0 Å². The van der Waals surface area contributed by atoms with E-state index in [2.05, 4.69) is 32.9 Å². The van der Waals surface area contributed by atoms with E-state index < -0.39 is 0 Å². The predicted octanol–water partition coefficient (Wildman–Crippen LogP) is 2.76. The monoisotopic (exact) mass is 409 g/mol. The second-order valence-corrected chi connectivity index (χ2v) is 6.43.